The quantitative estimate of drug-likeness (QED) is 0.288. The molecule has 0 unspecified atom stereocenters. The van der Waals surface area contributed by atoms with Gasteiger partial charge in [0.2, 0.25) is 22.4 Å². The third-order valence-electron chi connectivity index (χ3n) is 5.42. The molecule has 1 saturated heterocycles. The maximum atomic E-state index is 12.8. The molecule has 0 radical (unpaired) electrons. The maximum absolute atomic E-state index is 12.8. The van der Waals surface area contributed by atoms with Crippen LogP contribution in [-0.4, -0.2) is 82.8 Å². The van der Waals surface area contributed by atoms with Crippen LogP contribution in [0.1, 0.15) is 5.69 Å². The topological polar surface area (TPSA) is 75.5 Å². The minimum Gasteiger partial charge on any atom is -0.384 e. The smallest absolute Gasteiger partial charge is 0.238 e. The highest BCUT2D eigenvalue weighted by Crippen LogP contribution is 2.33. The van der Waals surface area contributed by atoms with Crippen molar-refractivity contribution < 1.29 is 4.79 Å². The number of carbonyl (C=O) groups excluding carboxylic acids is 1. The summed E-state index contributed by atoms with van der Waals surface area (Å²) in [5.74, 6) is 0.0160. The number of pyridine rings is 1. The fourth-order valence-corrected chi connectivity index (χ4v) is 5.75. The largest absolute Gasteiger partial charge is 0.384 e. The van der Waals surface area contributed by atoms with E-state index in [-0.39, 0.29) is 5.91 Å². The first-order valence-electron chi connectivity index (χ1n) is 10.8. The zero-order valence-corrected chi connectivity index (χ0v) is 21.5. The SMILES string of the molecule is CSc1cc(C)nc(SC)c1NC(=O)CN1CCN(CC=[S+]c2nc3ccccc3[n-]2)CC1. The third-order valence-corrected chi connectivity index (χ3v) is 7.58. The molecule has 10 heteroatoms. The van der Waals surface area contributed by atoms with Gasteiger partial charge >= 0.3 is 0 Å². The second-order valence-electron chi connectivity index (χ2n) is 7.75. The molecule has 3 aromatic rings. The number of aromatic nitrogens is 3. The number of benzene rings is 1. The first-order chi connectivity index (χ1) is 16.1. The molecule has 0 saturated carbocycles. The summed E-state index contributed by atoms with van der Waals surface area (Å²) < 4.78 is 0. The summed E-state index contributed by atoms with van der Waals surface area (Å²) in [6.45, 7) is 6.88. The highest BCUT2D eigenvalue weighted by molar-refractivity contribution is 7.99. The van der Waals surface area contributed by atoms with Crippen LogP contribution in [0.15, 0.2) is 45.4 Å². The van der Waals surface area contributed by atoms with Gasteiger partial charge in [-0.25, -0.2) is 4.98 Å². The number of hydrogen-bond acceptors (Lipinski definition) is 7. The van der Waals surface area contributed by atoms with Gasteiger partial charge in [0.1, 0.15) is 5.03 Å². The molecule has 0 atom stereocenters. The van der Waals surface area contributed by atoms with Crippen molar-refractivity contribution in [1.82, 2.24) is 24.8 Å². The molecule has 1 fully saturated rings. The van der Waals surface area contributed by atoms with Crippen LogP contribution in [0.25, 0.3) is 11.0 Å². The van der Waals surface area contributed by atoms with Gasteiger partial charge in [-0.15, -0.1) is 23.5 Å². The van der Waals surface area contributed by atoms with E-state index in [1.807, 2.05) is 49.8 Å². The maximum Gasteiger partial charge on any atom is 0.238 e. The summed E-state index contributed by atoms with van der Waals surface area (Å²) in [7, 11) is 0. The fraction of sp³-hybridized carbons (Fsp3) is 0.391. The Morgan fingerprint density at radius 2 is 1.91 bits per heavy atom. The van der Waals surface area contributed by atoms with E-state index in [4.69, 9.17) is 0 Å². The number of nitrogens with zero attached hydrogens (tertiary/aromatic N) is 5. The highest BCUT2D eigenvalue weighted by atomic mass is 32.2. The second-order valence-corrected chi connectivity index (χ2v) is 10.3. The van der Waals surface area contributed by atoms with Gasteiger partial charge in [0.15, 0.2) is 5.37 Å². The van der Waals surface area contributed by atoms with Gasteiger partial charge in [-0.1, -0.05) is 24.3 Å². The van der Waals surface area contributed by atoms with E-state index in [0.717, 1.165) is 70.2 Å². The number of para-hydroxylation sites is 2. The van der Waals surface area contributed by atoms with Crippen molar-refractivity contribution in [3.8, 4) is 0 Å². The number of thioether (sulfide) groups is 2. The Morgan fingerprint density at radius 3 is 2.64 bits per heavy atom. The average Bonchev–Trinajstić information content (AvgIpc) is 3.23. The van der Waals surface area contributed by atoms with Crippen LogP contribution in [0.2, 0.25) is 0 Å². The fourth-order valence-electron chi connectivity index (χ4n) is 3.71. The Bertz CT molecular complexity index is 1080. The van der Waals surface area contributed by atoms with Crippen LogP contribution in [-0.2, 0) is 16.1 Å². The molecule has 4 rings (SSSR count). The number of fused-ring (bicyclic) bond motifs is 1. The summed E-state index contributed by atoms with van der Waals surface area (Å²) >= 11 is 4.78. The lowest BCUT2D eigenvalue weighted by Crippen LogP contribution is -2.49. The van der Waals surface area contributed by atoms with E-state index < -0.39 is 0 Å². The molecule has 0 spiro atoms. The molecular formula is C23H28N6OS3. The number of hydrogen-bond donors (Lipinski definition) is 1. The number of aryl methyl sites for hydroxylation is 1. The first-order valence-corrected chi connectivity index (χ1v) is 14.1. The molecule has 33 heavy (non-hydrogen) atoms. The zero-order chi connectivity index (χ0) is 23.2. The lowest BCUT2D eigenvalue weighted by molar-refractivity contribution is -0.117. The van der Waals surface area contributed by atoms with Crippen molar-refractivity contribution in [1.29, 1.82) is 0 Å². The predicted octanol–water partition coefficient (Wildman–Crippen LogP) is 2.84. The lowest BCUT2D eigenvalue weighted by Gasteiger charge is -2.33. The molecule has 1 aliphatic rings. The number of imidazole rings is 1. The summed E-state index contributed by atoms with van der Waals surface area (Å²) in [6, 6.07) is 9.96. The van der Waals surface area contributed by atoms with E-state index in [9.17, 15) is 4.79 Å². The molecule has 3 heterocycles. The van der Waals surface area contributed by atoms with Gasteiger partial charge < -0.3 is 15.3 Å². The highest BCUT2D eigenvalue weighted by Gasteiger charge is 2.20. The Labute approximate surface area is 207 Å². The molecule has 1 aromatic carbocycles. The summed E-state index contributed by atoms with van der Waals surface area (Å²) in [5.41, 5.74) is 3.68. The van der Waals surface area contributed by atoms with E-state index in [2.05, 4.69) is 35.4 Å². The van der Waals surface area contributed by atoms with Crippen LogP contribution in [0.4, 0.5) is 5.69 Å². The second kappa shape index (κ2) is 11.4. The molecule has 2 aromatic heterocycles. The van der Waals surface area contributed by atoms with Crippen molar-refractivity contribution in [2.75, 3.05) is 57.1 Å². The number of rotatable bonds is 8. The minimum absolute atomic E-state index is 0.0160. The Balaban J connectivity index is 1.25. The van der Waals surface area contributed by atoms with Crippen LogP contribution in [0.5, 0.6) is 0 Å². The Morgan fingerprint density at radius 1 is 1.15 bits per heavy atom. The van der Waals surface area contributed by atoms with Crippen molar-refractivity contribution in [2.24, 2.45) is 0 Å². The van der Waals surface area contributed by atoms with E-state index >= 15 is 0 Å². The zero-order valence-electron chi connectivity index (χ0n) is 19.1. The van der Waals surface area contributed by atoms with Crippen molar-refractivity contribution >= 4 is 62.9 Å². The third kappa shape index (κ3) is 6.33. The molecule has 1 aliphatic heterocycles. The summed E-state index contributed by atoms with van der Waals surface area (Å²) in [5, 5.41) is 6.94. The monoisotopic (exact) mass is 500 g/mol. The van der Waals surface area contributed by atoms with Crippen LogP contribution >= 0.6 is 23.5 Å². The van der Waals surface area contributed by atoms with Crippen LogP contribution in [0.3, 0.4) is 0 Å². The van der Waals surface area contributed by atoms with Gasteiger partial charge in [-0.3, -0.25) is 14.6 Å². The molecular weight excluding hydrogens is 472 g/mol. The normalized spacial score (nSPS) is 15.5. The van der Waals surface area contributed by atoms with Gasteiger partial charge in [0.05, 0.1) is 18.8 Å². The number of anilines is 1. The van der Waals surface area contributed by atoms with Gasteiger partial charge in [0.25, 0.3) is 0 Å². The van der Waals surface area contributed by atoms with E-state index in [1.54, 1.807) is 34.9 Å². The standard InChI is InChI=1S/C23H28N6OS3/c1-16-14-19(31-2)21(22(24-16)32-3)27-20(30)15-29-10-8-28(9-11-29)12-13-33-23-25-17-6-4-5-7-18(17)26-23/h4-7,13-14H,8-12,15H2,1-3H3,(H-,25,26,27,30). The lowest BCUT2D eigenvalue weighted by atomic mass is 10.3. The molecule has 1 amide bonds. The number of nitrogens with one attached hydrogen (secondary N) is 1. The molecule has 0 bridgehead atoms. The molecule has 174 valence electrons. The van der Waals surface area contributed by atoms with Crippen LogP contribution in [0, 0.1) is 6.92 Å². The minimum atomic E-state index is 0.0160. The van der Waals surface area contributed by atoms with Gasteiger partial charge in [-0.2, -0.15) is 0 Å². The molecule has 0 aliphatic carbocycles. The van der Waals surface area contributed by atoms with Crippen LogP contribution < -0.4 is 10.3 Å². The van der Waals surface area contributed by atoms with E-state index in [0.29, 0.717) is 6.54 Å². The molecule has 1 N–H and O–H groups in total. The molecule has 7 nitrogen and oxygen atoms in total. The number of carbonyl (C=O) groups is 1. The van der Waals surface area contributed by atoms with Gasteiger partial charge in [0, 0.05) is 36.8 Å². The Hall–Kier alpha value is -1.98. The average molecular weight is 501 g/mol. The van der Waals surface area contributed by atoms with Crippen molar-refractivity contribution in [2.45, 2.75) is 22.0 Å². The van der Waals surface area contributed by atoms with Gasteiger partial charge in [-0.05, 0) is 36.5 Å². The summed E-state index contributed by atoms with van der Waals surface area (Å²) in [4.78, 5) is 32.1. The first kappa shape index (κ1) is 24.2. The number of amides is 1. The Kier molecular flexibility index (Phi) is 8.37. The number of piperazine rings is 1. The predicted molar refractivity (Wildman–Crippen MR) is 141 cm³/mol. The van der Waals surface area contributed by atoms with Crippen molar-refractivity contribution in [3.05, 3.63) is 36.0 Å². The van der Waals surface area contributed by atoms with Crippen molar-refractivity contribution in [3.63, 3.8) is 0 Å². The summed E-state index contributed by atoms with van der Waals surface area (Å²) in [6.07, 6.45) is 4.01. The van der Waals surface area contributed by atoms with E-state index in [1.165, 1.54) is 0 Å².